The van der Waals surface area contributed by atoms with E-state index >= 15 is 0 Å². The minimum absolute atomic E-state index is 0.258. The van der Waals surface area contributed by atoms with Crippen LogP contribution in [0.2, 0.25) is 0 Å². The van der Waals surface area contributed by atoms with E-state index in [4.69, 9.17) is 4.74 Å². The molecule has 1 atom stereocenters. The van der Waals surface area contributed by atoms with Gasteiger partial charge in [-0.15, -0.1) is 0 Å². The van der Waals surface area contributed by atoms with Crippen LogP contribution < -0.4 is 0 Å². The van der Waals surface area contributed by atoms with Crippen LogP contribution in [0.5, 0.6) is 0 Å². The van der Waals surface area contributed by atoms with Gasteiger partial charge in [0.2, 0.25) is 5.91 Å². The van der Waals surface area contributed by atoms with Crippen molar-refractivity contribution in [3.05, 3.63) is 12.2 Å². The molecular formula is C18H30N2O2. The Morgan fingerprint density at radius 1 is 1.32 bits per heavy atom. The molecular weight excluding hydrogens is 276 g/mol. The maximum atomic E-state index is 12.2. The average Bonchev–Trinajstić information content (AvgIpc) is 2.85. The SMILES string of the molecule is COCCN1CC2(CCN(C[C@H]3CC=CCC3)CC2)CC1=O. The molecule has 0 saturated carbocycles. The number of nitrogens with zero attached hydrogens (tertiary/aromatic N) is 2. The van der Waals surface area contributed by atoms with Crippen LogP contribution in [0.3, 0.4) is 0 Å². The van der Waals surface area contributed by atoms with E-state index in [9.17, 15) is 4.79 Å². The summed E-state index contributed by atoms with van der Waals surface area (Å²) in [5.74, 6) is 1.19. The van der Waals surface area contributed by atoms with Gasteiger partial charge in [-0.2, -0.15) is 0 Å². The zero-order valence-corrected chi connectivity index (χ0v) is 13.9. The predicted molar refractivity (Wildman–Crippen MR) is 87.7 cm³/mol. The summed E-state index contributed by atoms with van der Waals surface area (Å²) < 4.78 is 5.12. The molecule has 2 aliphatic heterocycles. The lowest BCUT2D eigenvalue weighted by Gasteiger charge is -2.40. The first-order chi connectivity index (χ1) is 10.7. The lowest BCUT2D eigenvalue weighted by atomic mass is 9.77. The van der Waals surface area contributed by atoms with Crippen molar-refractivity contribution in [1.82, 2.24) is 9.80 Å². The second-order valence-electron chi connectivity index (χ2n) is 7.44. The van der Waals surface area contributed by atoms with Crippen LogP contribution in [0.4, 0.5) is 0 Å². The Kier molecular flexibility index (Phi) is 5.19. The first-order valence-electron chi connectivity index (χ1n) is 8.85. The Balaban J connectivity index is 1.47. The van der Waals surface area contributed by atoms with Crippen molar-refractivity contribution in [2.24, 2.45) is 11.3 Å². The van der Waals surface area contributed by atoms with E-state index in [0.29, 0.717) is 12.5 Å². The van der Waals surface area contributed by atoms with Gasteiger partial charge in [-0.25, -0.2) is 0 Å². The highest BCUT2D eigenvalue weighted by molar-refractivity contribution is 5.79. The molecule has 0 unspecified atom stereocenters. The molecule has 0 aromatic rings. The summed E-state index contributed by atoms with van der Waals surface area (Å²) in [5, 5.41) is 0. The van der Waals surface area contributed by atoms with Gasteiger partial charge in [0.15, 0.2) is 0 Å². The first-order valence-corrected chi connectivity index (χ1v) is 8.85. The number of likely N-dealkylation sites (tertiary alicyclic amines) is 2. The predicted octanol–water partition coefficient (Wildman–Crippen LogP) is 2.30. The van der Waals surface area contributed by atoms with Crippen molar-refractivity contribution in [3.63, 3.8) is 0 Å². The number of methoxy groups -OCH3 is 1. The van der Waals surface area contributed by atoms with Gasteiger partial charge in [-0.05, 0) is 56.5 Å². The number of rotatable bonds is 5. The van der Waals surface area contributed by atoms with Crippen molar-refractivity contribution in [2.45, 2.75) is 38.5 Å². The monoisotopic (exact) mass is 306 g/mol. The van der Waals surface area contributed by atoms with Gasteiger partial charge < -0.3 is 14.5 Å². The number of allylic oxidation sites excluding steroid dienone is 2. The summed E-state index contributed by atoms with van der Waals surface area (Å²) in [6.45, 7) is 5.96. The Hall–Kier alpha value is -0.870. The fourth-order valence-electron chi connectivity index (χ4n) is 4.32. The van der Waals surface area contributed by atoms with Crippen LogP contribution in [0.15, 0.2) is 12.2 Å². The number of carbonyl (C=O) groups is 1. The van der Waals surface area contributed by atoms with E-state index in [2.05, 4.69) is 17.1 Å². The molecule has 124 valence electrons. The fraction of sp³-hybridized carbons (Fsp3) is 0.833. The highest BCUT2D eigenvalue weighted by Gasteiger charge is 2.44. The molecule has 1 amide bonds. The van der Waals surface area contributed by atoms with Crippen molar-refractivity contribution in [2.75, 3.05) is 46.4 Å². The first kappa shape index (κ1) is 16.0. The van der Waals surface area contributed by atoms with Crippen molar-refractivity contribution < 1.29 is 9.53 Å². The Labute approximate surface area is 134 Å². The Morgan fingerprint density at radius 3 is 2.82 bits per heavy atom. The maximum Gasteiger partial charge on any atom is 0.223 e. The number of hydrogen-bond acceptors (Lipinski definition) is 3. The normalized spacial score (nSPS) is 28.7. The lowest BCUT2D eigenvalue weighted by Crippen LogP contribution is -2.43. The van der Waals surface area contributed by atoms with Gasteiger partial charge in [-0.3, -0.25) is 4.79 Å². The number of hydrogen-bond donors (Lipinski definition) is 0. The average molecular weight is 306 g/mol. The molecule has 0 aromatic heterocycles. The number of ether oxygens (including phenoxy) is 1. The molecule has 4 heteroatoms. The third-order valence-corrected chi connectivity index (χ3v) is 5.78. The molecule has 1 aliphatic carbocycles. The highest BCUT2D eigenvalue weighted by Crippen LogP contribution is 2.41. The molecule has 0 radical (unpaired) electrons. The topological polar surface area (TPSA) is 32.8 Å². The highest BCUT2D eigenvalue weighted by atomic mass is 16.5. The zero-order valence-electron chi connectivity index (χ0n) is 13.9. The van der Waals surface area contributed by atoms with Crippen LogP contribution >= 0.6 is 0 Å². The molecule has 3 rings (SSSR count). The molecule has 0 aromatic carbocycles. The summed E-state index contributed by atoms with van der Waals surface area (Å²) in [4.78, 5) is 16.9. The van der Waals surface area contributed by atoms with Crippen LogP contribution in [0.1, 0.15) is 38.5 Å². The largest absolute Gasteiger partial charge is 0.383 e. The lowest BCUT2D eigenvalue weighted by molar-refractivity contribution is -0.128. The van der Waals surface area contributed by atoms with Gasteiger partial charge in [0, 0.05) is 33.2 Å². The van der Waals surface area contributed by atoms with E-state index < -0.39 is 0 Å². The summed E-state index contributed by atoms with van der Waals surface area (Å²) in [6, 6.07) is 0. The minimum atomic E-state index is 0.258. The van der Waals surface area contributed by atoms with Crippen LogP contribution in [-0.2, 0) is 9.53 Å². The van der Waals surface area contributed by atoms with E-state index in [-0.39, 0.29) is 5.41 Å². The molecule has 4 nitrogen and oxygen atoms in total. The van der Waals surface area contributed by atoms with Crippen LogP contribution in [-0.4, -0.2) is 62.1 Å². The Morgan fingerprint density at radius 2 is 2.14 bits per heavy atom. The van der Waals surface area contributed by atoms with Gasteiger partial charge in [0.25, 0.3) is 0 Å². The smallest absolute Gasteiger partial charge is 0.223 e. The number of carbonyl (C=O) groups excluding carboxylic acids is 1. The quantitative estimate of drug-likeness (QED) is 0.731. The number of piperidine rings is 1. The van der Waals surface area contributed by atoms with Crippen molar-refractivity contribution >= 4 is 5.91 Å². The molecule has 2 heterocycles. The summed E-state index contributed by atoms with van der Waals surface area (Å²) in [6.07, 6.45) is 11.7. The minimum Gasteiger partial charge on any atom is -0.383 e. The third kappa shape index (κ3) is 3.72. The molecule has 0 bridgehead atoms. The second-order valence-corrected chi connectivity index (χ2v) is 7.44. The second kappa shape index (κ2) is 7.14. The van der Waals surface area contributed by atoms with Crippen LogP contribution in [0.25, 0.3) is 0 Å². The summed E-state index contributed by atoms with van der Waals surface area (Å²) in [5.41, 5.74) is 0.258. The molecule has 1 spiro atoms. The fourth-order valence-corrected chi connectivity index (χ4v) is 4.32. The molecule has 3 aliphatic rings. The van der Waals surface area contributed by atoms with E-state index in [1.807, 2.05) is 4.90 Å². The zero-order chi connectivity index (χ0) is 15.4. The summed E-state index contributed by atoms with van der Waals surface area (Å²) in [7, 11) is 1.70. The van der Waals surface area contributed by atoms with E-state index in [0.717, 1.165) is 25.4 Å². The van der Waals surface area contributed by atoms with Gasteiger partial charge >= 0.3 is 0 Å². The van der Waals surface area contributed by atoms with Gasteiger partial charge in [0.1, 0.15) is 0 Å². The standard InChI is InChI=1S/C18H30N2O2/c1-22-12-11-20-15-18(13-17(20)21)7-9-19(10-8-18)14-16-5-3-2-4-6-16/h2-3,16H,4-15H2,1H3/t16-/m0/s1. The summed E-state index contributed by atoms with van der Waals surface area (Å²) >= 11 is 0. The molecule has 22 heavy (non-hydrogen) atoms. The van der Waals surface area contributed by atoms with Crippen molar-refractivity contribution in [1.29, 1.82) is 0 Å². The van der Waals surface area contributed by atoms with Gasteiger partial charge in [-0.1, -0.05) is 12.2 Å². The Bertz CT molecular complexity index is 413. The molecule has 0 N–H and O–H groups in total. The number of amides is 1. The third-order valence-electron chi connectivity index (χ3n) is 5.78. The molecule has 2 fully saturated rings. The molecule has 2 saturated heterocycles. The van der Waals surface area contributed by atoms with E-state index in [1.54, 1.807) is 7.11 Å². The van der Waals surface area contributed by atoms with Crippen molar-refractivity contribution in [3.8, 4) is 0 Å². The van der Waals surface area contributed by atoms with E-state index in [1.165, 1.54) is 51.7 Å². The van der Waals surface area contributed by atoms with Gasteiger partial charge in [0.05, 0.1) is 6.61 Å². The maximum absolute atomic E-state index is 12.2. The van der Waals surface area contributed by atoms with Crippen LogP contribution in [0, 0.1) is 11.3 Å².